The van der Waals surface area contributed by atoms with Crippen LogP contribution in [0.2, 0.25) is 0 Å². The van der Waals surface area contributed by atoms with Crippen LogP contribution in [-0.4, -0.2) is 37.2 Å². The molecule has 3 N–H and O–H groups in total. The lowest BCUT2D eigenvalue weighted by molar-refractivity contribution is 0.139. The van der Waals surface area contributed by atoms with Crippen molar-refractivity contribution in [1.82, 2.24) is 15.6 Å². The van der Waals surface area contributed by atoms with Gasteiger partial charge in [-0.2, -0.15) is 0 Å². The van der Waals surface area contributed by atoms with Crippen LogP contribution in [-0.2, 0) is 4.74 Å². The van der Waals surface area contributed by atoms with Gasteiger partial charge in [0.25, 0.3) is 0 Å². The van der Waals surface area contributed by atoms with Crippen LogP contribution in [0.5, 0.6) is 0 Å². The second-order valence-electron chi connectivity index (χ2n) is 2.52. The standard InChI is InChI=1S/C6H13N5O/c1-10(2)5-4-6(12-3)9-11(7)8-5/h4,9H,7H2,1-3H3. The zero-order valence-corrected chi connectivity index (χ0v) is 7.40. The van der Waals surface area contributed by atoms with Crippen LogP contribution in [0, 0.1) is 0 Å². The molecule has 0 saturated heterocycles. The van der Waals surface area contributed by atoms with E-state index >= 15 is 0 Å². The molecule has 6 nitrogen and oxygen atoms in total. The maximum atomic E-state index is 5.42. The summed E-state index contributed by atoms with van der Waals surface area (Å²) >= 11 is 0. The first-order valence-electron chi connectivity index (χ1n) is 3.46. The first kappa shape index (κ1) is 8.66. The zero-order valence-electron chi connectivity index (χ0n) is 7.40. The van der Waals surface area contributed by atoms with Crippen LogP contribution in [0.15, 0.2) is 17.1 Å². The van der Waals surface area contributed by atoms with Crippen LogP contribution in [0.4, 0.5) is 0 Å². The Morgan fingerprint density at radius 2 is 2.33 bits per heavy atom. The number of nitrogens with two attached hydrogens (primary N) is 1. The molecule has 12 heavy (non-hydrogen) atoms. The monoisotopic (exact) mass is 171 g/mol. The van der Waals surface area contributed by atoms with E-state index in [9.17, 15) is 0 Å². The van der Waals surface area contributed by atoms with E-state index in [0.29, 0.717) is 5.88 Å². The molecule has 0 saturated carbocycles. The van der Waals surface area contributed by atoms with Crippen molar-refractivity contribution in [3.63, 3.8) is 0 Å². The van der Waals surface area contributed by atoms with Gasteiger partial charge in [0.05, 0.1) is 7.11 Å². The number of amidine groups is 1. The van der Waals surface area contributed by atoms with E-state index in [1.54, 1.807) is 13.2 Å². The van der Waals surface area contributed by atoms with E-state index < -0.39 is 0 Å². The summed E-state index contributed by atoms with van der Waals surface area (Å²) in [7, 11) is 5.31. The topological polar surface area (TPSA) is 66.1 Å². The third-order valence-electron chi connectivity index (χ3n) is 1.37. The molecule has 1 aliphatic heterocycles. The summed E-state index contributed by atoms with van der Waals surface area (Å²) in [6.07, 6.45) is 1.75. The van der Waals surface area contributed by atoms with E-state index in [1.165, 1.54) is 0 Å². The van der Waals surface area contributed by atoms with Crippen LogP contribution in [0.1, 0.15) is 0 Å². The SMILES string of the molecule is COC1=CC(N(C)C)=NN(N)N1. The molecule has 6 heteroatoms. The molecule has 0 aliphatic carbocycles. The highest BCUT2D eigenvalue weighted by Crippen LogP contribution is 2.00. The summed E-state index contributed by atoms with van der Waals surface area (Å²) in [5.74, 6) is 6.71. The predicted octanol–water partition coefficient (Wildman–Crippen LogP) is -0.957. The zero-order chi connectivity index (χ0) is 9.14. The average molecular weight is 171 g/mol. The van der Waals surface area contributed by atoms with Crippen molar-refractivity contribution in [2.75, 3.05) is 21.2 Å². The van der Waals surface area contributed by atoms with Gasteiger partial charge in [-0.1, -0.05) is 0 Å². The molecular formula is C6H13N5O. The Morgan fingerprint density at radius 3 is 2.83 bits per heavy atom. The molecule has 0 atom stereocenters. The van der Waals surface area contributed by atoms with Crippen molar-refractivity contribution in [2.45, 2.75) is 0 Å². The van der Waals surface area contributed by atoms with Gasteiger partial charge in [-0.25, -0.2) is 11.3 Å². The number of hydrogen-bond acceptors (Lipinski definition) is 6. The Labute approximate surface area is 71.2 Å². The molecule has 0 unspecified atom stereocenters. The minimum atomic E-state index is 0.566. The predicted molar refractivity (Wildman–Crippen MR) is 45.4 cm³/mol. The second kappa shape index (κ2) is 3.31. The van der Waals surface area contributed by atoms with E-state index in [1.807, 2.05) is 19.0 Å². The summed E-state index contributed by atoms with van der Waals surface area (Å²) < 4.78 is 4.96. The van der Waals surface area contributed by atoms with Crippen molar-refractivity contribution in [2.24, 2.45) is 10.9 Å². The third-order valence-corrected chi connectivity index (χ3v) is 1.37. The lowest BCUT2D eigenvalue weighted by Gasteiger charge is -2.24. The van der Waals surface area contributed by atoms with Crippen molar-refractivity contribution in [1.29, 1.82) is 0 Å². The lowest BCUT2D eigenvalue weighted by atomic mass is 10.5. The maximum absolute atomic E-state index is 5.42. The number of nitrogens with one attached hydrogen (secondary N) is 1. The molecule has 0 aromatic rings. The second-order valence-corrected chi connectivity index (χ2v) is 2.52. The van der Waals surface area contributed by atoms with Crippen molar-refractivity contribution < 1.29 is 4.74 Å². The minimum Gasteiger partial charge on any atom is -0.481 e. The summed E-state index contributed by atoms with van der Waals surface area (Å²) in [5.41, 5.74) is 2.69. The van der Waals surface area contributed by atoms with Gasteiger partial charge < -0.3 is 9.64 Å². The number of hydrazine groups is 2. The Balaban J connectivity index is 2.79. The quantitative estimate of drug-likeness (QED) is 0.498. The largest absolute Gasteiger partial charge is 0.481 e. The summed E-state index contributed by atoms with van der Waals surface area (Å²) in [4.78, 5) is 1.83. The number of rotatable bonds is 1. The smallest absolute Gasteiger partial charge is 0.211 e. The molecular weight excluding hydrogens is 158 g/mol. The summed E-state index contributed by atoms with van der Waals surface area (Å²) in [6.45, 7) is 0. The van der Waals surface area contributed by atoms with E-state index in [-0.39, 0.29) is 0 Å². The maximum Gasteiger partial charge on any atom is 0.211 e. The molecule has 0 spiro atoms. The van der Waals surface area contributed by atoms with Gasteiger partial charge >= 0.3 is 0 Å². The molecule has 1 rings (SSSR count). The van der Waals surface area contributed by atoms with Crippen molar-refractivity contribution >= 4 is 5.84 Å². The molecule has 0 radical (unpaired) electrons. The van der Waals surface area contributed by atoms with Crippen LogP contribution < -0.4 is 11.3 Å². The number of ether oxygens (including phenoxy) is 1. The first-order chi connectivity index (χ1) is 5.63. The van der Waals surface area contributed by atoms with Gasteiger partial charge in [-0.15, -0.1) is 10.3 Å². The van der Waals surface area contributed by atoms with Crippen LogP contribution in [0.3, 0.4) is 0 Å². The lowest BCUT2D eigenvalue weighted by Crippen LogP contribution is -2.44. The Morgan fingerprint density at radius 1 is 1.67 bits per heavy atom. The fraction of sp³-hybridized carbons (Fsp3) is 0.500. The van der Waals surface area contributed by atoms with Crippen molar-refractivity contribution in [3.8, 4) is 0 Å². The molecule has 0 aromatic heterocycles. The Bertz CT molecular complexity index is 222. The Hall–Kier alpha value is -1.43. The molecule has 1 aliphatic rings. The number of hydrazone groups is 1. The van der Waals surface area contributed by atoms with Crippen LogP contribution in [0.25, 0.3) is 0 Å². The van der Waals surface area contributed by atoms with Gasteiger partial charge in [0, 0.05) is 20.2 Å². The van der Waals surface area contributed by atoms with Crippen molar-refractivity contribution in [3.05, 3.63) is 12.0 Å². The van der Waals surface area contributed by atoms with E-state index in [0.717, 1.165) is 11.1 Å². The number of nitrogens with zero attached hydrogens (tertiary/aromatic N) is 3. The molecule has 0 aromatic carbocycles. The average Bonchev–Trinajstić information content (AvgIpc) is 2.03. The normalized spacial score (nSPS) is 16.2. The van der Waals surface area contributed by atoms with E-state index in [2.05, 4.69) is 10.5 Å². The highest BCUT2D eigenvalue weighted by molar-refractivity contribution is 5.93. The number of hydrogen-bond donors (Lipinski definition) is 2. The molecule has 0 bridgehead atoms. The fourth-order valence-electron chi connectivity index (χ4n) is 0.750. The summed E-state index contributed by atoms with van der Waals surface area (Å²) in [6, 6.07) is 0. The van der Waals surface area contributed by atoms with Gasteiger partial charge in [0.2, 0.25) is 5.88 Å². The number of methoxy groups -OCH3 is 1. The van der Waals surface area contributed by atoms with Gasteiger partial charge in [0.1, 0.15) is 0 Å². The van der Waals surface area contributed by atoms with Gasteiger partial charge in [-0.3, -0.25) is 0 Å². The van der Waals surface area contributed by atoms with Gasteiger partial charge in [-0.05, 0) is 0 Å². The number of likely N-dealkylation sites (N-methyl/N-ethyl adjacent to an activating group) is 1. The summed E-state index contributed by atoms with van der Waals surface area (Å²) in [5, 5.41) is 5.07. The minimum absolute atomic E-state index is 0.566. The fourth-order valence-corrected chi connectivity index (χ4v) is 0.750. The Kier molecular flexibility index (Phi) is 2.39. The molecule has 0 amide bonds. The first-order valence-corrected chi connectivity index (χ1v) is 3.46. The van der Waals surface area contributed by atoms with Gasteiger partial charge in [0.15, 0.2) is 5.84 Å². The molecule has 68 valence electrons. The van der Waals surface area contributed by atoms with Crippen LogP contribution >= 0.6 is 0 Å². The third kappa shape index (κ3) is 1.79. The van der Waals surface area contributed by atoms with E-state index in [4.69, 9.17) is 10.6 Å². The highest BCUT2D eigenvalue weighted by atomic mass is 16.5. The molecule has 1 heterocycles. The molecule has 0 fully saturated rings. The highest BCUT2D eigenvalue weighted by Gasteiger charge is 2.11.